The van der Waals surface area contributed by atoms with Crippen molar-refractivity contribution in [2.75, 3.05) is 6.54 Å². The Labute approximate surface area is 110 Å². The molecule has 0 spiro atoms. The number of nitrogens with two attached hydrogens (primary N) is 1. The highest BCUT2D eigenvalue weighted by Crippen LogP contribution is 2.10. The summed E-state index contributed by atoms with van der Waals surface area (Å²) in [7, 11) is 0. The first-order chi connectivity index (χ1) is 8.97. The van der Waals surface area contributed by atoms with Crippen LogP contribution >= 0.6 is 0 Å². The Kier molecular flexibility index (Phi) is 5.20. The third-order valence-corrected chi connectivity index (χ3v) is 2.57. The fraction of sp³-hybridized carbons (Fsp3) is 0.308. The minimum atomic E-state index is -1.27. The SMILES string of the molecule is CC(=O)N(C(=O)CN)C(Cc1[c]cccc1)C(=O)O. The molecule has 0 heterocycles. The molecule has 1 aromatic rings. The summed E-state index contributed by atoms with van der Waals surface area (Å²) in [5, 5.41) is 9.20. The van der Waals surface area contributed by atoms with Crippen LogP contribution in [0.25, 0.3) is 0 Å². The molecule has 0 aliphatic heterocycles. The van der Waals surface area contributed by atoms with Gasteiger partial charge in [0.25, 0.3) is 0 Å². The molecule has 2 amide bonds. The molecule has 0 saturated carbocycles. The lowest BCUT2D eigenvalue weighted by Gasteiger charge is -2.25. The largest absolute Gasteiger partial charge is 0.480 e. The van der Waals surface area contributed by atoms with E-state index >= 15 is 0 Å². The van der Waals surface area contributed by atoms with Gasteiger partial charge in [-0.25, -0.2) is 4.79 Å². The number of carboxylic acid groups (broad SMARTS) is 1. The van der Waals surface area contributed by atoms with Crippen molar-refractivity contribution in [2.24, 2.45) is 5.73 Å². The van der Waals surface area contributed by atoms with E-state index in [4.69, 9.17) is 5.73 Å². The third-order valence-electron chi connectivity index (χ3n) is 2.57. The van der Waals surface area contributed by atoms with Gasteiger partial charge in [0, 0.05) is 13.3 Å². The second-order valence-corrected chi connectivity index (χ2v) is 3.93. The standard InChI is InChI=1S/C13H15N2O4/c1-9(16)15(12(17)8-14)11(13(18)19)7-10-5-3-2-4-6-10/h2-5,11H,7-8,14H2,1H3,(H,18,19). The molecule has 101 valence electrons. The predicted molar refractivity (Wildman–Crippen MR) is 67.0 cm³/mol. The van der Waals surface area contributed by atoms with E-state index in [9.17, 15) is 19.5 Å². The van der Waals surface area contributed by atoms with Gasteiger partial charge in [-0.05, 0) is 11.6 Å². The second-order valence-electron chi connectivity index (χ2n) is 3.93. The Morgan fingerprint density at radius 3 is 2.53 bits per heavy atom. The number of hydrogen-bond donors (Lipinski definition) is 2. The minimum Gasteiger partial charge on any atom is -0.480 e. The van der Waals surface area contributed by atoms with E-state index in [-0.39, 0.29) is 6.42 Å². The Balaban J connectivity index is 3.01. The van der Waals surface area contributed by atoms with E-state index in [0.29, 0.717) is 10.5 Å². The second kappa shape index (κ2) is 6.65. The summed E-state index contributed by atoms with van der Waals surface area (Å²) >= 11 is 0. The molecule has 0 aliphatic rings. The van der Waals surface area contributed by atoms with Gasteiger partial charge in [-0.2, -0.15) is 0 Å². The number of imide groups is 1. The average molecular weight is 263 g/mol. The number of rotatable bonds is 5. The summed E-state index contributed by atoms with van der Waals surface area (Å²) in [5.74, 6) is -2.61. The maximum absolute atomic E-state index is 11.6. The molecule has 0 fully saturated rings. The van der Waals surface area contributed by atoms with Crippen molar-refractivity contribution in [3.8, 4) is 0 Å². The van der Waals surface area contributed by atoms with Crippen molar-refractivity contribution in [3.63, 3.8) is 0 Å². The fourth-order valence-electron chi connectivity index (χ4n) is 1.72. The van der Waals surface area contributed by atoms with Gasteiger partial charge in [0.05, 0.1) is 6.54 Å². The average Bonchev–Trinajstić information content (AvgIpc) is 2.38. The Morgan fingerprint density at radius 2 is 2.11 bits per heavy atom. The van der Waals surface area contributed by atoms with Crippen molar-refractivity contribution >= 4 is 17.8 Å². The van der Waals surface area contributed by atoms with Gasteiger partial charge < -0.3 is 10.8 Å². The molecule has 19 heavy (non-hydrogen) atoms. The summed E-state index contributed by atoms with van der Waals surface area (Å²) in [5.41, 5.74) is 5.80. The van der Waals surface area contributed by atoms with E-state index in [2.05, 4.69) is 6.07 Å². The summed E-state index contributed by atoms with van der Waals surface area (Å²) in [4.78, 5) is 35.0. The van der Waals surface area contributed by atoms with Crippen LogP contribution in [-0.4, -0.2) is 40.4 Å². The number of amides is 2. The van der Waals surface area contributed by atoms with Gasteiger partial charge in [-0.15, -0.1) is 0 Å². The van der Waals surface area contributed by atoms with Crippen LogP contribution in [0.3, 0.4) is 0 Å². The van der Waals surface area contributed by atoms with Crippen LogP contribution in [0.1, 0.15) is 12.5 Å². The predicted octanol–water partition coefficient (Wildman–Crippen LogP) is -0.184. The van der Waals surface area contributed by atoms with Gasteiger partial charge in [-0.1, -0.05) is 24.3 Å². The molecule has 1 aromatic carbocycles. The first-order valence-electron chi connectivity index (χ1n) is 5.68. The van der Waals surface area contributed by atoms with Gasteiger partial charge in [0.15, 0.2) is 0 Å². The van der Waals surface area contributed by atoms with E-state index in [1.807, 2.05) is 0 Å². The fourth-order valence-corrected chi connectivity index (χ4v) is 1.72. The van der Waals surface area contributed by atoms with Crippen LogP contribution in [-0.2, 0) is 20.8 Å². The van der Waals surface area contributed by atoms with Crippen molar-refractivity contribution in [3.05, 3.63) is 35.9 Å². The lowest BCUT2D eigenvalue weighted by molar-refractivity contribution is -0.156. The van der Waals surface area contributed by atoms with Gasteiger partial charge in [0.2, 0.25) is 11.8 Å². The molecular formula is C13H15N2O4. The Hall–Kier alpha value is -2.21. The number of carbonyl (C=O) groups is 3. The number of carbonyl (C=O) groups excluding carboxylic acids is 2. The highest BCUT2D eigenvalue weighted by Gasteiger charge is 2.32. The van der Waals surface area contributed by atoms with Crippen molar-refractivity contribution in [1.82, 2.24) is 4.90 Å². The van der Waals surface area contributed by atoms with E-state index in [1.54, 1.807) is 24.3 Å². The number of hydrogen-bond acceptors (Lipinski definition) is 4. The van der Waals surface area contributed by atoms with Gasteiger partial charge >= 0.3 is 5.97 Å². The van der Waals surface area contributed by atoms with E-state index in [0.717, 1.165) is 6.92 Å². The van der Waals surface area contributed by atoms with Gasteiger partial charge in [0.1, 0.15) is 6.04 Å². The maximum Gasteiger partial charge on any atom is 0.327 e. The summed E-state index contributed by atoms with van der Waals surface area (Å²) in [6.07, 6.45) is 0.00148. The molecule has 0 aliphatic carbocycles. The number of nitrogens with zero attached hydrogens (tertiary/aromatic N) is 1. The smallest absolute Gasteiger partial charge is 0.327 e. The molecule has 0 saturated heterocycles. The number of aliphatic carboxylic acids is 1. The van der Waals surface area contributed by atoms with Crippen molar-refractivity contribution < 1.29 is 19.5 Å². The Morgan fingerprint density at radius 1 is 1.42 bits per heavy atom. The van der Waals surface area contributed by atoms with Crippen LogP contribution in [0.2, 0.25) is 0 Å². The van der Waals surface area contributed by atoms with E-state index in [1.165, 1.54) is 0 Å². The molecule has 6 heteroatoms. The molecular weight excluding hydrogens is 248 g/mol. The summed E-state index contributed by atoms with van der Waals surface area (Å²) in [6, 6.07) is 8.38. The van der Waals surface area contributed by atoms with Crippen molar-refractivity contribution in [1.29, 1.82) is 0 Å². The first-order valence-corrected chi connectivity index (χ1v) is 5.68. The molecule has 3 N–H and O–H groups in total. The number of benzene rings is 1. The zero-order chi connectivity index (χ0) is 14.4. The maximum atomic E-state index is 11.6. The monoisotopic (exact) mass is 263 g/mol. The molecule has 1 radical (unpaired) electrons. The molecule has 1 rings (SSSR count). The molecule has 1 atom stereocenters. The zero-order valence-electron chi connectivity index (χ0n) is 10.5. The quantitative estimate of drug-likeness (QED) is 0.767. The molecule has 0 bridgehead atoms. The molecule has 0 aromatic heterocycles. The van der Waals surface area contributed by atoms with Crippen molar-refractivity contribution in [2.45, 2.75) is 19.4 Å². The summed E-state index contributed by atoms with van der Waals surface area (Å²) < 4.78 is 0. The lowest BCUT2D eigenvalue weighted by atomic mass is 10.0. The minimum absolute atomic E-state index is 0.00148. The van der Waals surface area contributed by atoms with Crippen LogP contribution < -0.4 is 5.73 Å². The molecule has 1 unspecified atom stereocenters. The molecule has 6 nitrogen and oxygen atoms in total. The van der Waals surface area contributed by atoms with Crippen LogP contribution in [0.15, 0.2) is 24.3 Å². The number of carboxylic acids is 1. The highest BCUT2D eigenvalue weighted by molar-refractivity contribution is 5.99. The van der Waals surface area contributed by atoms with Gasteiger partial charge in [-0.3, -0.25) is 14.5 Å². The zero-order valence-corrected chi connectivity index (χ0v) is 10.5. The van der Waals surface area contributed by atoms with Crippen LogP contribution in [0, 0.1) is 6.07 Å². The topological polar surface area (TPSA) is 101 Å². The lowest BCUT2D eigenvalue weighted by Crippen LogP contribution is -2.51. The highest BCUT2D eigenvalue weighted by atomic mass is 16.4. The van der Waals surface area contributed by atoms with Crippen LogP contribution in [0.4, 0.5) is 0 Å². The first kappa shape index (κ1) is 14.8. The van der Waals surface area contributed by atoms with Crippen LogP contribution in [0.5, 0.6) is 0 Å². The Bertz CT molecular complexity index is 473. The normalized spacial score (nSPS) is 11.7. The summed E-state index contributed by atoms with van der Waals surface area (Å²) in [6.45, 7) is 0.722. The third kappa shape index (κ3) is 3.89. The van der Waals surface area contributed by atoms with E-state index < -0.39 is 30.4 Å².